The number of carbonyl (C=O) groups is 2. The molecule has 0 spiro atoms. The van der Waals surface area contributed by atoms with Gasteiger partial charge in [-0.05, 0) is 62.6 Å². The maximum atomic E-state index is 11.8. The average Bonchev–Trinajstić information content (AvgIpc) is 2.77. The highest BCUT2D eigenvalue weighted by atomic mass is 16.2. The minimum atomic E-state index is -0.217. The molecule has 2 aromatic carbocycles. The lowest BCUT2D eigenvalue weighted by atomic mass is 10.1. The van der Waals surface area contributed by atoms with Crippen LogP contribution in [0.4, 0.5) is 10.5 Å². The number of amides is 3. The highest BCUT2D eigenvalue weighted by molar-refractivity contribution is 5.94. The molecule has 0 heterocycles. The molecule has 0 unspecified atom stereocenters. The highest BCUT2D eigenvalue weighted by Crippen LogP contribution is 2.10. The van der Waals surface area contributed by atoms with Gasteiger partial charge in [-0.15, -0.1) is 0 Å². The molecule has 8 nitrogen and oxygen atoms in total. The van der Waals surface area contributed by atoms with Gasteiger partial charge in [0.05, 0.1) is 6.54 Å². The van der Waals surface area contributed by atoms with Gasteiger partial charge in [-0.1, -0.05) is 24.3 Å². The standard InChI is InChI=1S/C24H34N6O2/c1-5-26-23(27-14-13-18-7-6-8-20(15-18)22(31)25-4)28-16-19-9-11-21(12-10-19)30-24(32)29-17(2)3/h6-12,15,17H,5,13-14,16H2,1-4H3,(H,25,31)(H2,26,27,28)(H2,29,30,32). The van der Waals surface area contributed by atoms with Crippen LogP contribution in [0.5, 0.6) is 0 Å². The monoisotopic (exact) mass is 438 g/mol. The Hall–Kier alpha value is -3.55. The van der Waals surface area contributed by atoms with E-state index in [1.54, 1.807) is 13.1 Å². The van der Waals surface area contributed by atoms with Crippen molar-refractivity contribution in [1.82, 2.24) is 21.3 Å². The van der Waals surface area contributed by atoms with E-state index in [0.29, 0.717) is 18.7 Å². The lowest BCUT2D eigenvalue weighted by molar-refractivity contribution is 0.0963. The van der Waals surface area contributed by atoms with E-state index in [9.17, 15) is 9.59 Å². The van der Waals surface area contributed by atoms with Gasteiger partial charge in [0.1, 0.15) is 0 Å². The number of carbonyl (C=O) groups excluding carboxylic acids is 2. The van der Waals surface area contributed by atoms with Crippen molar-refractivity contribution in [3.63, 3.8) is 0 Å². The molecule has 172 valence electrons. The van der Waals surface area contributed by atoms with Crippen LogP contribution in [0.3, 0.4) is 0 Å². The minimum absolute atomic E-state index is 0.0837. The molecule has 0 aliphatic carbocycles. The van der Waals surface area contributed by atoms with Crippen molar-refractivity contribution >= 4 is 23.6 Å². The third kappa shape index (κ3) is 8.67. The second kappa shape index (κ2) is 13.0. The Balaban J connectivity index is 1.88. The first-order valence-corrected chi connectivity index (χ1v) is 10.9. The third-order valence-corrected chi connectivity index (χ3v) is 4.52. The fourth-order valence-electron chi connectivity index (χ4n) is 2.97. The maximum Gasteiger partial charge on any atom is 0.319 e. The molecule has 5 N–H and O–H groups in total. The van der Waals surface area contributed by atoms with Gasteiger partial charge < -0.3 is 26.6 Å². The summed E-state index contributed by atoms with van der Waals surface area (Å²) in [5.41, 5.74) is 3.51. The molecule has 0 radical (unpaired) electrons. The molecule has 32 heavy (non-hydrogen) atoms. The summed E-state index contributed by atoms with van der Waals surface area (Å²) < 4.78 is 0. The van der Waals surface area contributed by atoms with Crippen LogP contribution in [-0.2, 0) is 13.0 Å². The van der Waals surface area contributed by atoms with E-state index in [-0.39, 0.29) is 18.0 Å². The Bertz CT molecular complexity index is 909. The highest BCUT2D eigenvalue weighted by Gasteiger charge is 2.05. The van der Waals surface area contributed by atoms with Crippen LogP contribution in [-0.4, -0.2) is 44.1 Å². The summed E-state index contributed by atoms with van der Waals surface area (Å²) in [6, 6.07) is 15.1. The number of guanidine groups is 1. The smallest absolute Gasteiger partial charge is 0.319 e. The molecule has 2 rings (SSSR count). The number of benzene rings is 2. The topological polar surface area (TPSA) is 107 Å². The zero-order valence-corrected chi connectivity index (χ0v) is 19.3. The maximum absolute atomic E-state index is 11.8. The predicted molar refractivity (Wildman–Crippen MR) is 130 cm³/mol. The zero-order chi connectivity index (χ0) is 23.3. The van der Waals surface area contributed by atoms with Crippen LogP contribution in [0.1, 0.15) is 42.3 Å². The van der Waals surface area contributed by atoms with E-state index in [1.807, 2.05) is 63.2 Å². The zero-order valence-electron chi connectivity index (χ0n) is 19.3. The van der Waals surface area contributed by atoms with E-state index in [4.69, 9.17) is 0 Å². The molecular formula is C24H34N6O2. The summed E-state index contributed by atoms with van der Waals surface area (Å²) in [4.78, 5) is 28.2. The van der Waals surface area contributed by atoms with Gasteiger partial charge in [-0.3, -0.25) is 4.79 Å². The lowest BCUT2D eigenvalue weighted by Crippen LogP contribution is -2.38. The molecule has 0 atom stereocenters. The minimum Gasteiger partial charge on any atom is -0.357 e. The fraction of sp³-hybridized carbons (Fsp3) is 0.375. The SMILES string of the molecule is CCNC(=NCc1ccc(NC(=O)NC(C)C)cc1)NCCc1cccc(C(=O)NC)c1. The first-order chi connectivity index (χ1) is 15.4. The van der Waals surface area contributed by atoms with E-state index in [2.05, 4.69) is 31.6 Å². The van der Waals surface area contributed by atoms with Crippen molar-refractivity contribution < 1.29 is 9.59 Å². The molecule has 2 aromatic rings. The van der Waals surface area contributed by atoms with Gasteiger partial charge in [-0.25, -0.2) is 9.79 Å². The van der Waals surface area contributed by atoms with Gasteiger partial charge in [0.15, 0.2) is 5.96 Å². The van der Waals surface area contributed by atoms with Crippen molar-refractivity contribution in [1.29, 1.82) is 0 Å². The Kier molecular flexibility index (Phi) is 10.0. The first kappa shape index (κ1) is 24.7. The largest absolute Gasteiger partial charge is 0.357 e. The molecule has 8 heteroatoms. The van der Waals surface area contributed by atoms with Crippen molar-refractivity contribution in [3.8, 4) is 0 Å². The third-order valence-electron chi connectivity index (χ3n) is 4.52. The van der Waals surface area contributed by atoms with Gasteiger partial charge in [-0.2, -0.15) is 0 Å². The number of hydrogen-bond donors (Lipinski definition) is 5. The van der Waals surface area contributed by atoms with Crippen molar-refractivity contribution in [2.24, 2.45) is 4.99 Å². The molecule has 0 saturated heterocycles. The number of rotatable bonds is 9. The molecule has 0 fully saturated rings. The van der Waals surface area contributed by atoms with Crippen LogP contribution >= 0.6 is 0 Å². The number of anilines is 1. The predicted octanol–water partition coefficient (Wildman–Crippen LogP) is 2.87. The van der Waals surface area contributed by atoms with Gasteiger partial charge in [0.2, 0.25) is 0 Å². The molecule has 0 aliphatic heterocycles. The normalized spacial score (nSPS) is 11.1. The van der Waals surface area contributed by atoms with Crippen molar-refractivity contribution in [2.45, 2.75) is 39.8 Å². The van der Waals surface area contributed by atoms with Crippen molar-refractivity contribution in [3.05, 3.63) is 65.2 Å². The van der Waals surface area contributed by atoms with Crippen LogP contribution in [0.2, 0.25) is 0 Å². The first-order valence-electron chi connectivity index (χ1n) is 10.9. The second-order valence-electron chi connectivity index (χ2n) is 7.60. The van der Waals surface area contributed by atoms with E-state index in [0.717, 1.165) is 35.7 Å². The summed E-state index contributed by atoms with van der Waals surface area (Å²) in [5.74, 6) is 0.643. The van der Waals surface area contributed by atoms with Crippen LogP contribution in [0, 0.1) is 0 Å². The second-order valence-corrected chi connectivity index (χ2v) is 7.60. The molecule has 0 aliphatic rings. The summed E-state index contributed by atoms with van der Waals surface area (Å²) in [6.45, 7) is 7.81. The van der Waals surface area contributed by atoms with Gasteiger partial charge in [0, 0.05) is 37.4 Å². The number of hydrogen-bond acceptors (Lipinski definition) is 3. The Morgan fingerprint density at radius 1 is 1.00 bits per heavy atom. The van der Waals surface area contributed by atoms with E-state index in [1.165, 1.54) is 0 Å². The summed E-state index contributed by atoms with van der Waals surface area (Å²) >= 11 is 0. The fourth-order valence-corrected chi connectivity index (χ4v) is 2.97. The van der Waals surface area contributed by atoms with Crippen LogP contribution < -0.4 is 26.6 Å². The van der Waals surface area contributed by atoms with Gasteiger partial charge in [0.25, 0.3) is 5.91 Å². The number of nitrogens with zero attached hydrogens (tertiary/aromatic N) is 1. The number of aliphatic imine (C=N–C) groups is 1. The molecule has 0 aromatic heterocycles. The Morgan fingerprint density at radius 2 is 1.75 bits per heavy atom. The van der Waals surface area contributed by atoms with E-state index >= 15 is 0 Å². The molecule has 3 amide bonds. The Morgan fingerprint density at radius 3 is 2.41 bits per heavy atom. The summed E-state index contributed by atoms with van der Waals surface area (Å²) in [5, 5.41) is 14.8. The van der Waals surface area contributed by atoms with E-state index < -0.39 is 0 Å². The summed E-state index contributed by atoms with van der Waals surface area (Å²) in [6.07, 6.45) is 0.772. The van der Waals surface area contributed by atoms with Crippen LogP contribution in [0.15, 0.2) is 53.5 Å². The average molecular weight is 439 g/mol. The quantitative estimate of drug-likeness (QED) is 0.307. The molecule has 0 bridgehead atoms. The van der Waals surface area contributed by atoms with Crippen LogP contribution in [0.25, 0.3) is 0 Å². The summed E-state index contributed by atoms with van der Waals surface area (Å²) in [7, 11) is 1.63. The molecular weight excluding hydrogens is 404 g/mol. The molecule has 0 saturated carbocycles. The number of nitrogens with one attached hydrogen (secondary N) is 5. The Labute approximate surface area is 190 Å². The van der Waals surface area contributed by atoms with Crippen molar-refractivity contribution in [2.75, 3.05) is 25.5 Å². The van der Waals surface area contributed by atoms with Gasteiger partial charge >= 0.3 is 6.03 Å². The lowest BCUT2D eigenvalue weighted by Gasteiger charge is -2.12. The number of urea groups is 1.